The monoisotopic (exact) mass is 231 g/mol. The van der Waals surface area contributed by atoms with Crippen LogP contribution in [0.4, 0.5) is 0 Å². The lowest BCUT2D eigenvalue weighted by atomic mass is 10.3. The number of hydrogen-bond acceptors (Lipinski definition) is 1. The highest BCUT2D eigenvalue weighted by molar-refractivity contribution is 7.57. The molecular weight excluding hydrogens is 209 g/mol. The molecule has 0 aliphatic carbocycles. The average molecular weight is 231 g/mol. The fourth-order valence-corrected chi connectivity index (χ4v) is 5.03. The standard InChI is InChI=1S/C10H22N3OP/c1-4-5-6-11-15(14,12-7-9(12)2)13-8-10(13)3/h9-10H,4-8H2,1-3H3,(H,11,14)/t9-,10-,12?,13?,15?/m1/s1. The summed E-state index contributed by atoms with van der Waals surface area (Å²) in [6.07, 6.45) is 2.26. The first-order valence-corrected chi connectivity index (χ1v) is 7.60. The van der Waals surface area contributed by atoms with E-state index in [1.165, 1.54) is 0 Å². The third-order valence-corrected chi connectivity index (χ3v) is 6.34. The van der Waals surface area contributed by atoms with E-state index in [2.05, 4.69) is 35.2 Å². The van der Waals surface area contributed by atoms with E-state index in [0.29, 0.717) is 12.1 Å². The smallest absolute Gasteiger partial charge is 0.270 e. The normalized spacial score (nSPS) is 42.3. The van der Waals surface area contributed by atoms with Gasteiger partial charge in [-0.3, -0.25) is 4.57 Å². The molecule has 0 aromatic heterocycles. The van der Waals surface area contributed by atoms with Gasteiger partial charge < -0.3 is 0 Å². The molecule has 0 aromatic rings. The van der Waals surface area contributed by atoms with Crippen molar-refractivity contribution in [1.29, 1.82) is 0 Å². The van der Waals surface area contributed by atoms with Crippen LogP contribution in [0.15, 0.2) is 0 Å². The first-order chi connectivity index (χ1) is 7.09. The van der Waals surface area contributed by atoms with E-state index in [4.69, 9.17) is 0 Å². The molecule has 1 N–H and O–H groups in total. The fraction of sp³-hybridized carbons (Fsp3) is 1.00. The van der Waals surface area contributed by atoms with E-state index in [9.17, 15) is 4.57 Å². The Balaban J connectivity index is 1.94. The van der Waals surface area contributed by atoms with Crippen molar-refractivity contribution in [3.8, 4) is 0 Å². The predicted molar refractivity (Wildman–Crippen MR) is 62.9 cm³/mol. The van der Waals surface area contributed by atoms with Gasteiger partial charge in [0.1, 0.15) is 0 Å². The van der Waals surface area contributed by atoms with Gasteiger partial charge in [-0.05, 0) is 20.3 Å². The highest BCUT2D eigenvalue weighted by Crippen LogP contribution is 2.61. The van der Waals surface area contributed by atoms with Crippen LogP contribution in [0.5, 0.6) is 0 Å². The molecule has 2 heterocycles. The van der Waals surface area contributed by atoms with E-state index in [1.54, 1.807) is 0 Å². The Morgan fingerprint density at radius 3 is 2.07 bits per heavy atom. The number of rotatable bonds is 6. The second-order valence-electron chi connectivity index (χ2n) is 4.75. The van der Waals surface area contributed by atoms with E-state index >= 15 is 0 Å². The second-order valence-corrected chi connectivity index (χ2v) is 7.18. The van der Waals surface area contributed by atoms with Gasteiger partial charge >= 0.3 is 0 Å². The predicted octanol–water partition coefficient (Wildman–Crippen LogP) is 1.89. The van der Waals surface area contributed by atoms with E-state index in [0.717, 1.165) is 32.5 Å². The van der Waals surface area contributed by atoms with Crippen molar-refractivity contribution in [3.63, 3.8) is 0 Å². The minimum absolute atomic E-state index is 0.498. The molecular formula is C10H22N3OP. The van der Waals surface area contributed by atoms with Crippen LogP contribution in [-0.4, -0.2) is 41.1 Å². The van der Waals surface area contributed by atoms with Crippen LogP contribution in [-0.2, 0) is 4.57 Å². The average Bonchev–Trinajstić information content (AvgIpc) is 3.05. The topological polar surface area (TPSA) is 35.1 Å². The highest BCUT2D eigenvalue weighted by Gasteiger charge is 2.54. The minimum Gasteiger partial charge on any atom is -0.270 e. The molecule has 0 saturated carbocycles. The summed E-state index contributed by atoms with van der Waals surface area (Å²) in [5, 5.41) is 3.29. The molecule has 0 radical (unpaired) electrons. The molecule has 0 bridgehead atoms. The van der Waals surface area contributed by atoms with E-state index < -0.39 is 7.59 Å². The lowest BCUT2D eigenvalue weighted by molar-refractivity contribution is 0.487. The van der Waals surface area contributed by atoms with Crippen LogP contribution in [0.3, 0.4) is 0 Å². The molecule has 2 aliphatic rings. The first kappa shape index (κ1) is 11.6. The largest absolute Gasteiger partial charge is 0.284 e. The summed E-state index contributed by atoms with van der Waals surface area (Å²) in [6, 6.07) is 0.996. The van der Waals surface area contributed by atoms with Crippen LogP contribution >= 0.6 is 7.59 Å². The minimum atomic E-state index is -2.37. The molecule has 5 heteroatoms. The summed E-state index contributed by atoms with van der Waals surface area (Å²) in [5.41, 5.74) is 0. The molecule has 0 aromatic carbocycles. The van der Waals surface area contributed by atoms with Crippen molar-refractivity contribution in [2.75, 3.05) is 19.6 Å². The Kier molecular flexibility index (Phi) is 3.22. The van der Waals surface area contributed by atoms with Crippen molar-refractivity contribution in [1.82, 2.24) is 14.4 Å². The molecule has 2 fully saturated rings. The van der Waals surface area contributed by atoms with Gasteiger partial charge in [0.15, 0.2) is 0 Å². The van der Waals surface area contributed by atoms with Crippen LogP contribution in [0.2, 0.25) is 0 Å². The Labute approximate surface area is 92.5 Å². The maximum atomic E-state index is 12.8. The summed E-state index contributed by atoms with van der Waals surface area (Å²) in [4.78, 5) is 0. The van der Waals surface area contributed by atoms with Crippen LogP contribution < -0.4 is 5.09 Å². The van der Waals surface area contributed by atoms with Crippen molar-refractivity contribution in [2.45, 2.75) is 45.7 Å². The molecule has 0 amide bonds. The molecule has 2 unspecified atom stereocenters. The lowest BCUT2D eigenvalue weighted by Gasteiger charge is -2.22. The third kappa shape index (κ3) is 2.28. The summed E-state index contributed by atoms with van der Waals surface area (Å²) < 4.78 is 17.0. The Morgan fingerprint density at radius 2 is 1.73 bits per heavy atom. The van der Waals surface area contributed by atoms with Gasteiger partial charge in [0.25, 0.3) is 7.59 Å². The van der Waals surface area contributed by atoms with Gasteiger partial charge in [0, 0.05) is 31.7 Å². The molecule has 15 heavy (non-hydrogen) atoms. The second kappa shape index (κ2) is 4.17. The zero-order valence-electron chi connectivity index (χ0n) is 9.94. The summed E-state index contributed by atoms with van der Waals surface area (Å²) in [6.45, 7) is 9.29. The maximum Gasteiger partial charge on any atom is 0.284 e. The Hall–Kier alpha value is 0.110. The number of nitrogens with zero attached hydrogens (tertiary/aromatic N) is 2. The van der Waals surface area contributed by atoms with Crippen LogP contribution in [0.1, 0.15) is 33.6 Å². The van der Waals surface area contributed by atoms with Crippen LogP contribution in [0.25, 0.3) is 0 Å². The van der Waals surface area contributed by atoms with Gasteiger partial charge in [0.05, 0.1) is 0 Å². The lowest BCUT2D eigenvalue weighted by Crippen LogP contribution is -2.23. The van der Waals surface area contributed by atoms with Gasteiger partial charge in [-0.1, -0.05) is 13.3 Å². The molecule has 2 saturated heterocycles. The summed E-state index contributed by atoms with van der Waals surface area (Å²) in [5.74, 6) is 0. The SMILES string of the molecule is CCCCNP(=O)(N1C[C@H]1C)N1C[C@H]1C. The van der Waals surface area contributed by atoms with E-state index in [1.807, 2.05) is 0 Å². The fourth-order valence-electron chi connectivity index (χ4n) is 1.93. The van der Waals surface area contributed by atoms with Crippen molar-refractivity contribution < 1.29 is 4.57 Å². The van der Waals surface area contributed by atoms with Crippen molar-refractivity contribution >= 4 is 7.59 Å². The Morgan fingerprint density at radius 1 is 1.27 bits per heavy atom. The highest BCUT2D eigenvalue weighted by atomic mass is 31.2. The van der Waals surface area contributed by atoms with Gasteiger partial charge in [-0.25, -0.2) is 14.4 Å². The zero-order valence-corrected chi connectivity index (χ0v) is 10.8. The summed E-state index contributed by atoms with van der Waals surface area (Å²) in [7, 11) is -2.37. The molecule has 2 aliphatic heterocycles. The van der Waals surface area contributed by atoms with Gasteiger partial charge in [0.2, 0.25) is 0 Å². The van der Waals surface area contributed by atoms with E-state index in [-0.39, 0.29) is 0 Å². The van der Waals surface area contributed by atoms with Crippen LogP contribution in [0, 0.1) is 0 Å². The van der Waals surface area contributed by atoms with Gasteiger partial charge in [-0.15, -0.1) is 0 Å². The van der Waals surface area contributed by atoms with Gasteiger partial charge in [-0.2, -0.15) is 0 Å². The number of unbranched alkanes of at least 4 members (excludes halogenated alkanes) is 1. The third-order valence-electron chi connectivity index (χ3n) is 3.20. The first-order valence-electron chi connectivity index (χ1n) is 5.99. The molecule has 4 atom stereocenters. The van der Waals surface area contributed by atoms with Crippen molar-refractivity contribution in [2.24, 2.45) is 0 Å². The number of hydrogen-bond donors (Lipinski definition) is 1. The quantitative estimate of drug-likeness (QED) is 0.430. The number of nitrogens with one attached hydrogen (secondary N) is 1. The van der Waals surface area contributed by atoms with Crippen molar-refractivity contribution in [3.05, 3.63) is 0 Å². The maximum absolute atomic E-state index is 12.8. The molecule has 4 nitrogen and oxygen atoms in total. The molecule has 88 valence electrons. The summed E-state index contributed by atoms with van der Waals surface area (Å²) >= 11 is 0. The Bertz CT molecular complexity index is 264. The molecule has 2 rings (SSSR count). The zero-order chi connectivity index (χ0) is 11.1. The molecule has 0 spiro atoms.